The normalized spacial score (nSPS) is 10.2. The zero-order valence-electron chi connectivity index (χ0n) is 9.43. The van der Waals surface area contributed by atoms with E-state index in [0.29, 0.717) is 12.1 Å². The first-order valence-electron chi connectivity index (χ1n) is 5.20. The van der Waals surface area contributed by atoms with Crippen LogP contribution in [0.15, 0.2) is 41.6 Å². The minimum Gasteiger partial charge on any atom is -0.347 e. The Hall–Kier alpha value is -1.75. The predicted octanol–water partition coefficient (Wildman–Crippen LogP) is 2.06. The van der Waals surface area contributed by atoms with Crippen LogP contribution < -0.4 is 5.32 Å². The summed E-state index contributed by atoms with van der Waals surface area (Å²) in [6.45, 7) is 0.411. The second-order valence-electron chi connectivity index (χ2n) is 3.42. The number of hydrogen-bond acceptors (Lipinski definition) is 3. The fourth-order valence-corrected chi connectivity index (χ4v) is 2.08. The van der Waals surface area contributed by atoms with Crippen LogP contribution in [0.5, 0.6) is 0 Å². The second kappa shape index (κ2) is 5.54. The Balaban J connectivity index is 2.04. The van der Waals surface area contributed by atoms with Gasteiger partial charge in [0.25, 0.3) is 5.91 Å². The Morgan fingerprint density at radius 2 is 2.29 bits per heavy atom. The van der Waals surface area contributed by atoms with Gasteiger partial charge in [-0.15, -0.1) is 11.8 Å². The van der Waals surface area contributed by atoms with Crippen LogP contribution in [0.1, 0.15) is 16.2 Å². The summed E-state index contributed by atoms with van der Waals surface area (Å²) in [7, 11) is 0. The average Bonchev–Trinajstić information content (AvgIpc) is 2.89. The lowest BCUT2D eigenvalue weighted by atomic mass is 10.2. The number of carbonyl (C=O) groups excluding carboxylic acids is 1. The number of benzene rings is 1. The van der Waals surface area contributed by atoms with Crippen LogP contribution in [0.2, 0.25) is 0 Å². The highest BCUT2D eigenvalue weighted by atomic mass is 32.2. The van der Waals surface area contributed by atoms with E-state index < -0.39 is 0 Å². The van der Waals surface area contributed by atoms with Crippen LogP contribution >= 0.6 is 11.8 Å². The Labute approximate surface area is 104 Å². The molecule has 0 radical (unpaired) electrons. The summed E-state index contributed by atoms with van der Waals surface area (Å²) in [5, 5.41) is 2.83. The summed E-state index contributed by atoms with van der Waals surface area (Å²) in [6.07, 6.45) is 5.35. The van der Waals surface area contributed by atoms with E-state index in [1.54, 1.807) is 24.2 Å². The van der Waals surface area contributed by atoms with Crippen molar-refractivity contribution < 1.29 is 4.79 Å². The van der Waals surface area contributed by atoms with Crippen molar-refractivity contribution in [1.29, 1.82) is 0 Å². The number of hydrogen-bond donors (Lipinski definition) is 2. The highest BCUT2D eigenvalue weighted by Crippen LogP contribution is 2.19. The highest BCUT2D eigenvalue weighted by molar-refractivity contribution is 7.98. The summed E-state index contributed by atoms with van der Waals surface area (Å²) in [4.78, 5) is 19.9. The minimum absolute atomic E-state index is 0.0775. The molecule has 0 spiro atoms. The van der Waals surface area contributed by atoms with Crippen LogP contribution in [0, 0.1) is 0 Å². The van der Waals surface area contributed by atoms with E-state index in [4.69, 9.17) is 0 Å². The van der Waals surface area contributed by atoms with Gasteiger partial charge in [-0.05, 0) is 18.4 Å². The number of nitrogens with one attached hydrogen (secondary N) is 2. The number of carbonyl (C=O) groups is 1. The van der Waals surface area contributed by atoms with E-state index in [1.165, 1.54) is 0 Å². The number of aromatic amines is 1. The van der Waals surface area contributed by atoms with Crippen molar-refractivity contribution in [3.8, 4) is 0 Å². The maximum atomic E-state index is 12.0. The molecule has 17 heavy (non-hydrogen) atoms. The van der Waals surface area contributed by atoms with E-state index in [-0.39, 0.29) is 5.91 Å². The van der Waals surface area contributed by atoms with Crippen LogP contribution in [0.4, 0.5) is 0 Å². The number of thioether (sulfide) groups is 1. The van der Waals surface area contributed by atoms with Crippen LogP contribution in [-0.2, 0) is 6.54 Å². The number of amides is 1. The lowest BCUT2D eigenvalue weighted by Crippen LogP contribution is -2.23. The Morgan fingerprint density at radius 1 is 1.47 bits per heavy atom. The van der Waals surface area contributed by atoms with Gasteiger partial charge >= 0.3 is 0 Å². The molecule has 4 nitrogen and oxygen atoms in total. The molecule has 0 bridgehead atoms. The first-order valence-corrected chi connectivity index (χ1v) is 6.43. The van der Waals surface area contributed by atoms with Crippen LogP contribution in [-0.4, -0.2) is 22.1 Å². The Kier molecular flexibility index (Phi) is 3.82. The SMILES string of the molecule is CSc1ccccc1C(=O)NCc1ncc[nH]1. The average molecular weight is 247 g/mol. The van der Waals surface area contributed by atoms with Crippen molar-refractivity contribution in [1.82, 2.24) is 15.3 Å². The third-order valence-electron chi connectivity index (χ3n) is 2.32. The van der Waals surface area contributed by atoms with E-state index in [9.17, 15) is 4.79 Å². The number of H-pyrrole nitrogens is 1. The predicted molar refractivity (Wildman–Crippen MR) is 68.0 cm³/mol. The molecule has 0 aliphatic heterocycles. The van der Waals surface area contributed by atoms with E-state index in [1.807, 2.05) is 30.5 Å². The molecule has 1 heterocycles. The van der Waals surface area contributed by atoms with Crippen LogP contribution in [0.25, 0.3) is 0 Å². The molecule has 2 N–H and O–H groups in total. The molecule has 0 unspecified atom stereocenters. The maximum Gasteiger partial charge on any atom is 0.252 e. The summed E-state index contributed by atoms with van der Waals surface area (Å²) in [5.74, 6) is 0.673. The molecule has 0 saturated carbocycles. The molecule has 1 aromatic carbocycles. The molecule has 88 valence electrons. The second-order valence-corrected chi connectivity index (χ2v) is 4.27. The minimum atomic E-state index is -0.0775. The van der Waals surface area contributed by atoms with Crippen molar-refractivity contribution in [3.05, 3.63) is 48.0 Å². The molecule has 0 fully saturated rings. The molecule has 0 saturated heterocycles. The van der Waals surface area contributed by atoms with Crippen molar-refractivity contribution in [2.24, 2.45) is 0 Å². The molecule has 2 aromatic rings. The van der Waals surface area contributed by atoms with Crippen molar-refractivity contribution in [3.63, 3.8) is 0 Å². The zero-order valence-corrected chi connectivity index (χ0v) is 10.3. The number of aromatic nitrogens is 2. The summed E-state index contributed by atoms with van der Waals surface area (Å²) in [6, 6.07) is 7.55. The maximum absolute atomic E-state index is 12.0. The molecular weight excluding hydrogens is 234 g/mol. The molecule has 1 aromatic heterocycles. The fraction of sp³-hybridized carbons (Fsp3) is 0.167. The van der Waals surface area contributed by atoms with Gasteiger partial charge in [-0.2, -0.15) is 0 Å². The molecule has 0 atom stereocenters. The number of imidazole rings is 1. The summed E-state index contributed by atoms with van der Waals surface area (Å²) >= 11 is 1.56. The summed E-state index contributed by atoms with van der Waals surface area (Å²) < 4.78 is 0. The van der Waals surface area contributed by atoms with Crippen molar-refractivity contribution in [2.75, 3.05) is 6.26 Å². The van der Waals surface area contributed by atoms with Gasteiger partial charge in [-0.1, -0.05) is 12.1 Å². The van der Waals surface area contributed by atoms with E-state index >= 15 is 0 Å². The van der Waals surface area contributed by atoms with Gasteiger partial charge in [0.2, 0.25) is 0 Å². The molecule has 0 aliphatic carbocycles. The molecule has 2 rings (SSSR count). The molecule has 5 heteroatoms. The lowest BCUT2D eigenvalue weighted by molar-refractivity contribution is 0.0947. The standard InChI is InChI=1S/C12H13N3OS/c1-17-10-5-3-2-4-9(10)12(16)15-8-11-13-6-7-14-11/h2-7H,8H2,1H3,(H,13,14)(H,15,16). The van der Waals surface area contributed by atoms with Gasteiger partial charge in [-0.3, -0.25) is 4.79 Å². The van der Waals surface area contributed by atoms with E-state index in [0.717, 1.165) is 10.7 Å². The van der Waals surface area contributed by atoms with Gasteiger partial charge < -0.3 is 10.3 Å². The smallest absolute Gasteiger partial charge is 0.252 e. The summed E-state index contributed by atoms with van der Waals surface area (Å²) in [5.41, 5.74) is 0.701. The van der Waals surface area contributed by atoms with Gasteiger partial charge in [0, 0.05) is 17.3 Å². The fourth-order valence-electron chi connectivity index (χ4n) is 1.49. The quantitative estimate of drug-likeness (QED) is 0.813. The van der Waals surface area contributed by atoms with Crippen LogP contribution in [0.3, 0.4) is 0 Å². The Bertz CT molecular complexity index is 496. The molecular formula is C12H13N3OS. The third-order valence-corrected chi connectivity index (χ3v) is 3.12. The third kappa shape index (κ3) is 2.88. The lowest BCUT2D eigenvalue weighted by Gasteiger charge is -2.07. The van der Waals surface area contributed by atoms with Gasteiger partial charge in [0.1, 0.15) is 5.82 Å². The number of nitrogens with zero attached hydrogens (tertiary/aromatic N) is 1. The highest BCUT2D eigenvalue weighted by Gasteiger charge is 2.09. The number of rotatable bonds is 4. The topological polar surface area (TPSA) is 57.8 Å². The van der Waals surface area contributed by atoms with Gasteiger partial charge in [-0.25, -0.2) is 4.98 Å². The molecule has 1 amide bonds. The first-order chi connectivity index (χ1) is 8.31. The zero-order chi connectivity index (χ0) is 12.1. The molecule has 0 aliphatic rings. The van der Waals surface area contributed by atoms with Gasteiger partial charge in [0.05, 0.1) is 12.1 Å². The van der Waals surface area contributed by atoms with Crippen molar-refractivity contribution in [2.45, 2.75) is 11.4 Å². The van der Waals surface area contributed by atoms with Gasteiger partial charge in [0.15, 0.2) is 0 Å². The van der Waals surface area contributed by atoms with Crippen molar-refractivity contribution >= 4 is 17.7 Å². The first kappa shape index (κ1) is 11.7. The Morgan fingerprint density at radius 3 is 3.00 bits per heavy atom. The van der Waals surface area contributed by atoms with E-state index in [2.05, 4.69) is 15.3 Å². The largest absolute Gasteiger partial charge is 0.347 e. The monoisotopic (exact) mass is 247 g/mol.